The highest BCUT2D eigenvalue weighted by Crippen LogP contribution is 2.43. The molecule has 0 amide bonds. The third kappa shape index (κ3) is 7.10. The van der Waals surface area contributed by atoms with E-state index in [1.165, 1.54) is 0 Å². The van der Waals surface area contributed by atoms with Gasteiger partial charge < -0.3 is 9.13 Å². The Morgan fingerprint density at radius 1 is 0.297 bits per heavy atom. The van der Waals surface area contributed by atoms with E-state index >= 15 is 0 Å². The third-order valence-corrected chi connectivity index (χ3v) is 14.0. The van der Waals surface area contributed by atoms with Gasteiger partial charge in [0.15, 0.2) is 11.4 Å². The van der Waals surface area contributed by atoms with Crippen molar-refractivity contribution in [1.82, 2.24) is 9.13 Å². The van der Waals surface area contributed by atoms with Crippen molar-refractivity contribution in [3.63, 3.8) is 0 Å². The lowest BCUT2D eigenvalue weighted by molar-refractivity contribution is 1.16. The van der Waals surface area contributed by atoms with Gasteiger partial charge in [-0.2, -0.15) is 21.0 Å². The third-order valence-electron chi connectivity index (χ3n) is 14.0. The van der Waals surface area contributed by atoms with Gasteiger partial charge >= 0.3 is 0 Å². The molecular weight excluding hydrogens is 905 g/mol. The first-order valence-electron chi connectivity index (χ1n) is 23.6. The van der Waals surface area contributed by atoms with Crippen molar-refractivity contribution >= 4 is 55.0 Å². The molecule has 0 aliphatic rings. The Kier molecular flexibility index (Phi) is 10.7. The van der Waals surface area contributed by atoms with Crippen molar-refractivity contribution in [2.45, 2.75) is 0 Å². The minimum atomic E-state index is 0.453. The molecule has 0 spiro atoms. The molecule has 0 aliphatic carbocycles. The van der Waals surface area contributed by atoms with Crippen LogP contribution in [-0.4, -0.2) is 9.13 Å². The van der Waals surface area contributed by atoms with Gasteiger partial charge in [0.25, 0.3) is 0 Å². The van der Waals surface area contributed by atoms with Gasteiger partial charge in [-0.3, -0.25) is 0 Å². The molecule has 0 N–H and O–H groups in total. The second-order valence-electron chi connectivity index (χ2n) is 17.9. The molecule has 0 saturated carbocycles. The Morgan fingerprint density at radius 2 is 0.595 bits per heavy atom. The van der Waals surface area contributed by atoms with Crippen LogP contribution in [0.25, 0.3) is 120 Å². The number of nitrogens with zero attached hydrogens (tertiary/aromatic N) is 8. The Labute approximate surface area is 425 Å². The summed E-state index contributed by atoms with van der Waals surface area (Å²) in [6.07, 6.45) is 0. The van der Waals surface area contributed by atoms with E-state index in [2.05, 4.69) is 67.4 Å². The van der Waals surface area contributed by atoms with Crippen molar-refractivity contribution < 1.29 is 0 Å². The number of aromatic nitrogens is 2. The second-order valence-corrected chi connectivity index (χ2v) is 17.9. The highest BCUT2D eigenvalue weighted by molar-refractivity contribution is 6.14. The molecule has 12 aromatic rings. The maximum atomic E-state index is 10.8. The summed E-state index contributed by atoms with van der Waals surface area (Å²) in [6.45, 7) is 15.8. The number of hydrogen-bond donors (Lipinski definition) is 0. The molecule has 8 heteroatoms. The van der Waals surface area contributed by atoms with Gasteiger partial charge in [-0.15, -0.1) is 0 Å². The van der Waals surface area contributed by atoms with E-state index in [0.717, 1.165) is 99.2 Å². The summed E-state index contributed by atoms with van der Waals surface area (Å²) in [5, 5.41) is 45.4. The van der Waals surface area contributed by atoms with Crippen LogP contribution in [0.4, 0.5) is 11.4 Å². The van der Waals surface area contributed by atoms with Crippen molar-refractivity contribution in [2.24, 2.45) is 0 Å². The van der Waals surface area contributed by atoms with Crippen molar-refractivity contribution in [3.8, 4) is 91.3 Å². The lowest BCUT2D eigenvalue weighted by Gasteiger charge is -2.15. The van der Waals surface area contributed by atoms with Crippen LogP contribution in [0.15, 0.2) is 206 Å². The van der Waals surface area contributed by atoms with Gasteiger partial charge in [0.1, 0.15) is 12.1 Å². The van der Waals surface area contributed by atoms with E-state index in [1.54, 1.807) is 0 Å². The maximum absolute atomic E-state index is 10.8. The monoisotopic (exact) mass is 938 g/mol. The SMILES string of the molecule is [C-]#[N+]c1ccccc1-c1ccc2c(c1)c1cc(-c3ccccc3C#N)ccc1n2-c1cc(-c2ccc(C#N)c(-n3c4ccc(-c5ccccc5C#N)cc4c4cc(-c5ccccc5[N+]#[C-])ccc43)c2)ccc1C#N. The van der Waals surface area contributed by atoms with Crippen LogP contribution in [0.5, 0.6) is 0 Å². The molecule has 2 heterocycles. The van der Waals surface area contributed by atoms with E-state index in [0.29, 0.717) is 45.0 Å². The number of nitriles is 4. The molecule has 0 atom stereocenters. The number of benzene rings is 10. The van der Waals surface area contributed by atoms with Gasteiger partial charge in [0.2, 0.25) is 0 Å². The summed E-state index contributed by atoms with van der Waals surface area (Å²) in [4.78, 5) is 7.64. The number of para-hydroxylation sites is 2. The van der Waals surface area contributed by atoms with Gasteiger partial charge in [0.05, 0.1) is 81.0 Å². The summed E-state index contributed by atoms with van der Waals surface area (Å²) >= 11 is 0. The first-order chi connectivity index (χ1) is 36.4. The van der Waals surface area contributed by atoms with E-state index in [4.69, 9.17) is 13.1 Å². The average molecular weight is 939 g/mol. The molecule has 0 bridgehead atoms. The summed E-state index contributed by atoms with van der Waals surface area (Å²) in [6, 6.07) is 76.0. The molecule has 10 aromatic carbocycles. The summed E-state index contributed by atoms with van der Waals surface area (Å²) in [5.74, 6) is 0. The molecule has 0 fully saturated rings. The molecule has 0 unspecified atom stereocenters. The normalized spacial score (nSPS) is 10.9. The Bertz CT molecular complexity index is 4110. The number of hydrogen-bond acceptors (Lipinski definition) is 4. The first kappa shape index (κ1) is 44.0. The predicted octanol–water partition coefficient (Wildman–Crippen LogP) is 16.8. The van der Waals surface area contributed by atoms with Crippen molar-refractivity contribution in [1.29, 1.82) is 21.0 Å². The van der Waals surface area contributed by atoms with Crippen LogP contribution in [-0.2, 0) is 0 Å². The van der Waals surface area contributed by atoms with Crippen LogP contribution in [0, 0.1) is 58.5 Å². The fourth-order valence-corrected chi connectivity index (χ4v) is 10.5. The molecule has 2 aromatic heterocycles. The Balaban J connectivity index is 1.07. The van der Waals surface area contributed by atoms with Crippen molar-refractivity contribution in [3.05, 3.63) is 251 Å². The number of rotatable bonds is 7. The molecular formula is C66H34N8. The van der Waals surface area contributed by atoms with Crippen LogP contribution in [0.3, 0.4) is 0 Å². The smallest absolute Gasteiger partial charge is 0.194 e. The second kappa shape index (κ2) is 17.9. The topological polar surface area (TPSA) is 114 Å². The molecule has 12 rings (SSSR count). The van der Waals surface area contributed by atoms with E-state index in [-0.39, 0.29) is 0 Å². The zero-order chi connectivity index (χ0) is 50.5. The summed E-state index contributed by atoms with van der Waals surface area (Å²) in [7, 11) is 0. The molecule has 74 heavy (non-hydrogen) atoms. The van der Waals surface area contributed by atoms with E-state index in [9.17, 15) is 21.0 Å². The van der Waals surface area contributed by atoms with E-state index < -0.39 is 0 Å². The van der Waals surface area contributed by atoms with Crippen LogP contribution in [0.1, 0.15) is 22.3 Å². The van der Waals surface area contributed by atoms with Gasteiger partial charge in [-0.25, -0.2) is 9.69 Å². The van der Waals surface area contributed by atoms with Gasteiger partial charge in [0, 0.05) is 21.5 Å². The Hall–Kier alpha value is -11.3. The maximum Gasteiger partial charge on any atom is 0.194 e. The zero-order valence-electron chi connectivity index (χ0n) is 39.2. The highest BCUT2D eigenvalue weighted by Gasteiger charge is 2.22. The Morgan fingerprint density at radius 3 is 0.932 bits per heavy atom. The van der Waals surface area contributed by atoms with Gasteiger partial charge in [-0.05, 0) is 141 Å². The lowest BCUT2D eigenvalue weighted by Crippen LogP contribution is -2.00. The fourth-order valence-electron chi connectivity index (χ4n) is 10.5. The van der Waals surface area contributed by atoms with Gasteiger partial charge in [-0.1, -0.05) is 121 Å². The van der Waals surface area contributed by atoms with E-state index in [1.807, 2.05) is 182 Å². The molecule has 8 nitrogen and oxygen atoms in total. The van der Waals surface area contributed by atoms with Crippen LogP contribution >= 0.6 is 0 Å². The van der Waals surface area contributed by atoms with Crippen molar-refractivity contribution in [2.75, 3.05) is 0 Å². The summed E-state index contributed by atoms with van der Waals surface area (Å²) < 4.78 is 4.22. The quantitative estimate of drug-likeness (QED) is 0.148. The fraction of sp³-hybridized carbons (Fsp3) is 0. The lowest BCUT2D eigenvalue weighted by atomic mass is 9.97. The van der Waals surface area contributed by atoms with Crippen LogP contribution < -0.4 is 0 Å². The molecule has 338 valence electrons. The summed E-state index contributed by atoms with van der Waals surface area (Å²) in [5.41, 5.74) is 16.2. The van der Waals surface area contributed by atoms with Crippen LogP contribution in [0.2, 0.25) is 0 Å². The predicted molar refractivity (Wildman–Crippen MR) is 294 cm³/mol. The highest BCUT2D eigenvalue weighted by atomic mass is 15.0. The largest absolute Gasteiger partial charge is 0.308 e. The molecule has 0 aliphatic heterocycles. The molecule has 0 radical (unpaired) electrons. The zero-order valence-corrected chi connectivity index (χ0v) is 39.2. The number of fused-ring (bicyclic) bond motifs is 6. The minimum absolute atomic E-state index is 0.453. The minimum Gasteiger partial charge on any atom is -0.308 e. The standard InChI is InChI=1S/C66H34N8/c1-71-59-17-9-7-15-53(59)45-25-29-63-57(33-45)55-31-43(51-13-5-3-11-47(51)37-67)23-27-61(55)73(63)65-35-41(19-21-49(65)39-69)42-20-22-50(40-70)66(36-42)74-62-28-24-44(52-14-6-4-12-48(52)38-68)32-56(62)58-34-46(26-30-64(58)74)54-16-8-10-18-60(54)72-2/h3-36H. The first-order valence-corrected chi connectivity index (χ1v) is 23.6. The molecule has 0 saturated heterocycles. The average Bonchev–Trinajstić information content (AvgIpc) is 3.98.